The molecule has 20 aromatic rings. The summed E-state index contributed by atoms with van der Waals surface area (Å²) < 4.78 is 24.3. The largest absolute Gasteiger partial charge is 0.436 e. The zero-order valence-corrected chi connectivity index (χ0v) is 56.5. The molecule has 12 heteroatoms. The van der Waals surface area contributed by atoms with Crippen molar-refractivity contribution in [2.24, 2.45) is 0 Å². The van der Waals surface area contributed by atoms with Crippen LogP contribution in [0.1, 0.15) is 11.1 Å². The molecule has 12 nitrogen and oxygen atoms in total. The number of benzene rings is 16. The number of aromatic nitrogens is 4. The average Bonchev–Trinajstić information content (AvgIpc) is 1.09. The molecular formula is C94H56N8O4. The fourth-order valence-corrected chi connectivity index (χ4v) is 14.1. The molecule has 16 aromatic carbocycles. The van der Waals surface area contributed by atoms with E-state index in [9.17, 15) is 10.5 Å². The van der Waals surface area contributed by atoms with Crippen molar-refractivity contribution in [3.05, 3.63) is 351 Å². The van der Waals surface area contributed by atoms with Gasteiger partial charge in [-0.25, -0.2) is 19.9 Å². The van der Waals surface area contributed by atoms with Crippen molar-refractivity contribution >= 4 is 122 Å². The molecule has 0 saturated heterocycles. The van der Waals surface area contributed by atoms with E-state index in [2.05, 4.69) is 174 Å². The zero-order valence-electron chi connectivity index (χ0n) is 56.5. The van der Waals surface area contributed by atoms with Gasteiger partial charge in [-0.2, -0.15) is 10.5 Å². The fourth-order valence-electron chi connectivity index (χ4n) is 14.1. The Kier molecular flexibility index (Phi) is 15.3. The summed E-state index contributed by atoms with van der Waals surface area (Å²) in [5, 5.41) is 29.0. The molecular weight excluding hydrogens is 1310 g/mol. The van der Waals surface area contributed by atoms with Crippen LogP contribution in [-0.2, 0) is 0 Å². The van der Waals surface area contributed by atoms with E-state index in [0.29, 0.717) is 34.7 Å². The highest BCUT2D eigenvalue weighted by Gasteiger charge is 2.21. The van der Waals surface area contributed by atoms with Gasteiger partial charge in [0.25, 0.3) is 0 Å². The smallest absolute Gasteiger partial charge is 0.227 e. The lowest BCUT2D eigenvalue weighted by Crippen LogP contribution is -2.10. The Morgan fingerprint density at radius 3 is 0.981 bits per heavy atom. The van der Waals surface area contributed by atoms with Gasteiger partial charge in [0.15, 0.2) is 22.3 Å². The molecule has 0 saturated carbocycles. The minimum atomic E-state index is 0.568. The Balaban J connectivity index is 0.000000145. The van der Waals surface area contributed by atoms with Gasteiger partial charge in [-0.05, 0) is 261 Å². The van der Waals surface area contributed by atoms with Gasteiger partial charge in [-0.15, -0.1) is 0 Å². The Morgan fingerprint density at radius 1 is 0.226 bits per heavy atom. The second kappa shape index (κ2) is 26.2. The van der Waals surface area contributed by atoms with Gasteiger partial charge in [0, 0.05) is 67.3 Å². The lowest BCUT2D eigenvalue weighted by molar-refractivity contribution is 0.619. The Labute approximate surface area is 607 Å². The maximum Gasteiger partial charge on any atom is 0.227 e. The first-order chi connectivity index (χ1) is 52.3. The minimum Gasteiger partial charge on any atom is -0.436 e. The molecule has 0 bridgehead atoms. The molecule has 0 N–H and O–H groups in total. The molecule has 4 heterocycles. The maximum atomic E-state index is 10.4. The van der Waals surface area contributed by atoms with E-state index in [0.717, 1.165) is 155 Å². The Morgan fingerprint density at radius 2 is 0.538 bits per heavy atom. The summed E-state index contributed by atoms with van der Waals surface area (Å²) in [6, 6.07) is 119. The monoisotopic (exact) mass is 1360 g/mol. The third kappa shape index (κ3) is 11.7. The number of oxazole rings is 4. The molecule has 0 aliphatic rings. The van der Waals surface area contributed by atoms with Crippen molar-refractivity contribution in [2.45, 2.75) is 0 Å². The summed E-state index contributed by atoms with van der Waals surface area (Å²) in [6.07, 6.45) is 0. The van der Waals surface area contributed by atoms with Gasteiger partial charge in [-0.3, -0.25) is 0 Å². The quantitative estimate of drug-likeness (QED) is 0.114. The summed E-state index contributed by atoms with van der Waals surface area (Å²) >= 11 is 0. The molecule has 0 aliphatic carbocycles. The third-order valence-corrected chi connectivity index (χ3v) is 19.5. The second-order valence-corrected chi connectivity index (χ2v) is 26.0. The standard InChI is InChI=1S/2C47H28N4O2/c48-29-37-26-32-7-1-2-8-33(32)28-41(37)36-14-13-35-27-40(24-19-34(35)25-36)51(38-20-15-30(16-21-38)46-49-42-9-3-5-11-44(42)52-46)39-22-17-31(18-23-39)47-50-43-10-4-6-12-45(43)53-47;48-29-37-27-36(34-14-13-30-7-1-2-8-33(30)25-34)26-35-19-24-40(28-41(35)37)51(38-20-15-31(16-21-38)46-49-42-9-3-5-11-44(42)52-46)39-22-17-32(18-23-39)47-50-43-10-4-6-12-45(43)53-47/h2*1-28H. The molecule has 0 aliphatic heterocycles. The average molecular weight is 1360 g/mol. The van der Waals surface area contributed by atoms with Gasteiger partial charge < -0.3 is 27.5 Å². The molecule has 496 valence electrons. The van der Waals surface area contributed by atoms with Crippen LogP contribution >= 0.6 is 0 Å². The Hall–Kier alpha value is -15.0. The van der Waals surface area contributed by atoms with Crippen molar-refractivity contribution in [2.75, 3.05) is 9.80 Å². The molecule has 0 unspecified atom stereocenters. The number of nitriles is 2. The van der Waals surface area contributed by atoms with Crippen LogP contribution in [0.5, 0.6) is 0 Å². The van der Waals surface area contributed by atoms with Crippen molar-refractivity contribution in [1.82, 2.24) is 19.9 Å². The maximum absolute atomic E-state index is 10.4. The van der Waals surface area contributed by atoms with Crippen molar-refractivity contribution in [1.29, 1.82) is 10.5 Å². The van der Waals surface area contributed by atoms with Crippen molar-refractivity contribution in [3.8, 4) is 80.2 Å². The SMILES string of the molecule is N#Cc1cc(-c2ccc3ccccc3c2)cc2ccc(N(c3ccc(-c4nc5ccccc5o4)cc3)c3ccc(-c4nc5ccccc5o4)cc3)cc12.N#Cc1cc2ccccc2cc1-c1ccc2cc(N(c3ccc(-c4nc5ccccc5o4)cc3)c3ccc(-c4nc5ccccc5o4)cc3)ccc2c1. The highest BCUT2D eigenvalue weighted by molar-refractivity contribution is 5.99. The van der Waals surface area contributed by atoms with E-state index in [4.69, 9.17) is 37.6 Å². The summed E-state index contributed by atoms with van der Waals surface area (Å²) in [5.41, 5.74) is 20.9. The van der Waals surface area contributed by atoms with Gasteiger partial charge in [0.1, 0.15) is 22.1 Å². The highest BCUT2D eigenvalue weighted by Crippen LogP contribution is 2.43. The highest BCUT2D eigenvalue weighted by atomic mass is 16.4. The number of anilines is 6. The van der Waals surface area contributed by atoms with Crippen LogP contribution in [0.15, 0.2) is 357 Å². The third-order valence-electron chi connectivity index (χ3n) is 19.5. The molecule has 0 amide bonds. The van der Waals surface area contributed by atoms with Crippen LogP contribution in [0.25, 0.3) is 156 Å². The number of fused-ring (bicyclic) bond motifs is 8. The summed E-state index contributed by atoms with van der Waals surface area (Å²) in [4.78, 5) is 23.2. The molecule has 4 aromatic heterocycles. The van der Waals surface area contributed by atoms with Gasteiger partial charge in [0.05, 0.1) is 23.3 Å². The molecule has 0 radical (unpaired) electrons. The number of rotatable bonds is 12. The summed E-state index contributed by atoms with van der Waals surface area (Å²) in [6.45, 7) is 0. The number of para-hydroxylation sites is 8. The Bertz CT molecular complexity index is 6510. The summed E-state index contributed by atoms with van der Waals surface area (Å²) in [5.74, 6) is 2.30. The zero-order chi connectivity index (χ0) is 70.6. The van der Waals surface area contributed by atoms with Crippen LogP contribution in [0.3, 0.4) is 0 Å². The van der Waals surface area contributed by atoms with E-state index < -0.39 is 0 Å². The molecule has 20 rings (SSSR count). The van der Waals surface area contributed by atoms with E-state index >= 15 is 0 Å². The van der Waals surface area contributed by atoms with E-state index in [-0.39, 0.29) is 0 Å². The predicted molar refractivity (Wildman–Crippen MR) is 425 cm³/mol. The van der Waals surface area contributed by atoms with Crippen LogP contribution < -0.4 is 9.80 Å². The molecule has 106 heavy (non-hydrogen) atoms. The fraction of sp³-hybridized carbons (Fsp3) is 0. The normalized spacial score (nSPS) is 11.4. The molecule has 0 spiro atoms. The number of nitrogens with zero attached hydrogens (tertiary/aromatic N) is 8. The van der Waals surface area contributed by atoms with Gasteiger partial charge in [-0.1, -0.05) is 133 Å². The van der Waals surface area contributed by atoms with Crippen molar-refractivity contribution < 1.29 is 17.7 Å². The van der Waals surface area contributed by atoms with Gasteiger partial charge >= 0.3 is 0 Å². The second-order valence-electron chi connectivity index (χ2n) is 26.0. The number of hydrogen-bond donors (Lipinski definition) is 0. The topological polar surface area (TPSA) is 158 Å². The van der Waals surface area contributed by atoms with Gasteiger partial charge in [0.2, 0.25) is 23.6 Å². The number of hydrogen-bond acceptors (Lipinski definition) is 12. The summed E-state index contributed by atoms with van der Waals surface area (Å²) in [7, 11) is 0. The molecule has 0 fully saturated rings. The minimum absolute atomic E-state index is 0.568. The van der Waals surface area contributed by atoms with Crippen molar-refractivity contribution in [3.63, 3.8) is 0 Å². The lowest BCUT2D eigenvalue weighted by Gasteiger charge is -2.26. The predicted octanol–water partition coefficient (Wildman–Crippen LogP) is 25.2. The molecule has 0 atom stereocenters. The lowest BCUT2D eigenvalue weighted by atomic mass is 9.94. The van der Waals surface area contributed by atoms with Crippen LogP contribution in [0.4, 0.5) is 34.1 Å². The first-order valence-electron chi connectivity index (χ1n) is 34.7. The first-order valence-corrected chi connectivity index (χ1v) is 34.7. The van der Waals surface area contributed by atoms with Crippen LogP contribution in [-0.4, -0.2) is 19.9 Å². The first kappa shape index (κ1) is 62.1. The van der Waals surface area contributed by atoms with E-state index in [1.165, 1.54) is 10.8 Å². The van der Waals surface area contributed by atoms with Crippen LogP contribution in [0.2, 0.25) is 0 Å². The van der Waals surface area contributed by atoms with E-state index in [1.54, 1.807) is 0 Å². The van der Waals surface area contributed by atoms with E-state index in [1.807, 2.05) is 188 Å². The van der Waals surface area contributed by atoms with Crippen LogP contribution in [0, 0.1) is 22.7 Å².